The van der Waals surface area contributed by atoms with Crippen molar-refractivity contribution in [3.05, 3.63) is 18.2 Å². The Morgan fingerprint density at radius 2 is 2.37 bits per heavy atom. The van der Waals surface area contributed by atoms with Gasteiger partial charge in [-0.2, -0.15) is 10.1 Å². The van der Waals surface area contributed by atoms with Crippen molar-refractivity contribution in [3.8, 4) is 11.5 Å². The highest BCUT2D eigenvalue weighted by molar-refractivity contribution is 5.46. The molecule has 2 N–H and O–H groups in total. The molecule has 1 aliphatic rings. The Bertz CT molecular complexity index is 575. The number of aryl methyl sites for hydroxylation is 1. The molecule has 1 aliphatic carbocycles. The molecule has 2 atom stereocenters. The summed E-state index contributed by atoms with van der Waals surface area (Å²) in [5.41, 5.74) is 6.68. The van der Waals surface area contributed by atoms with Crippen LogP contribution in [0.5, 0.6) is 0 Å². The van der Waals surface area contributed by atoms with Gasteiger partial charge in [0.05, 0.1) is 5.54 Å². The number of nitrogens with zero attached hydrogens (tertiary/aromatic N) is 4. The highest BCUT2D eigenvalue weighted by atomic mass is 16.5. The van der Waals surface area contributed by atoms with Crippen molar-refractivity contribution in [2.45, 2.75) is 38.1 Å². The molecular formula is C13H19N5O. The van der Waals surface area contributed by atoms with Gasteiger partial charge in [0.2, 0.25) is 11.7 Å². The lowest BCUT2D eigenvalue weighted by atomic mass is 9.77. The molecule has 0 saturated heterocycles. The molecule has 2 aromatic rings. The summed E-state index contributed by atoms with van der Waals surface area (Å²) in [7, 11) is 1.86. The molecule has 2 heterocycles. The third-order valence-electron chi connectivity index (χ3n) is 3.83. The zero-order chi connectivity index (χ0) is 13.5. The molecule has 6 heteroatoms. The van der Waals surface area contributed by atoms with Crippen molar-refractivity contribution in [1.82, 2.24) is 19.9 Å². The first-order chi connectivity index (χ1) is 9.07. The zero-order valence-corrected chi connectivity index (χ0v) is 11.3. The Morgan fingerprint density at radius 1 is 1.53 bits per heavy atom. The number of hydrogen-bond donors (Lipinski definition) is 1. The number of rotatable bonds is 2. The van der Waals surface area contributed by atoms with Crippen LogP contribution in [-0.4, -0.2) is 19.9 Å². The van der Waals surface area contributed by atoms with Crippen LogP contribution in [0.25, 0.3) is 11.5 Å². The Balaban J connectivity index is 1.88. The molecular weight excluding hydrogens is 242 g/mol. The highest BCUT2D eigenvalue weighted by Gasteiger charge is 2.38. The van der Waals surface area contributed by atoms with Crippen LogP contribution in [0.2, 0.25) is 0 Å². The molecule has 6 nitrogen and oxygen atoms in total. The molecule has 0 spiro atoms. The van der Waals surface area contributed by atoms with Crippen LogP contribution in [0.15, 0.2) is 16.8 Å². The molecule has 1 fully saturated rings. The molecule has 0 bridgehead atoms. The Kier molecular flexibility index (Phi) is 2.89. The predicted molar refractivity (Wildman–Crippen MR) is 70.0 cm³/mol. The van der Waals surface area contributed by atoms with Gasteiger partial charge < -0.3 is 10.3 Å². The predicted octanol–water partition coefficient (Wildman–Crippen LogP) is 1.83. The third kappa shape index (κ3) is 2.28. The SMILES string of the molecule is CC1CCCC(N)(c2nc(-c3ccn(C)n3)no2)C1. The van der Waals surface area contributed by atoms with Gasteiger partial charge in [0.15, 0.2) is 0 Å². The van der Waals surface area contributed by atoms with Crippen LogP contribution in [-0.2, 0) is 12.6 Å². The lowest BCUT2D eigenvalue weighted by Crippen LogP contribution is -2.41. The van der Waals surface area contributed by atoms with Gasteiger partial charge >= 0.3 is 0 Å². The summed E-state index contributed by atoms with van der Waals surface area (Å²) in [5.74, 6) is 1.65. The van der Waals surface area contributed by atoms with E-state index < -0.39 is 5.54 Å². The minimum Gasteiger partial charge on any atom is -0.337 e. The van der Waals surface area contributed by atoms with Crippen LogP contribution in [0.4, 0.5) is 0 Å². The van der Waals surface area contributed by atoms with Crippen molar-refractivity contribution in [3.63, 3.8) is 0 Å². The van der Waals surface area contributed by atoms with Crippen molar-refractivity contribution in [2.24, 2.45) is 18.7 Å². The molecule has 0 amide bonds. The topological polar surface area (TPSA) is 82.8 Å². The summed E-state index contributed by atoms with van der Waals surface area (Å²) in [6.07, 6.45) is 5.99. The van der Waals surface area contributed by atoms with Crippen LogP contribution < -0.4 is 5.73 Å². The normalized spacial score (nSPS) is 27.6. The Morgan fingerprint density at radius 3 is 3.05 bits per heavy atom. The summed E-state index contributed by atoms with van der Waals surface area (Å²) in [6.45, 7) is 2.22. The van der Waals surface area contributed by atoms with E-state index in [9.17, 15) is 0 Å². The molecule has 1 saturated carbocycles. The van der Waals surface area contributed by atoms with Crippen molar-refractivity contribution in [2.75, 3.05) is 0 Å². The molecule has 0 aliphatic heterocycles. The van der Waals surface area contributed by atoms with E-state index in [4.69, 9.17) is 10.3 Å². The summed E-state index contributed by atoms with van der Waals surface area (Å²) in [4.78, 5) is 4.45. The van der Waals surface area contributed by atoms with Gasteiger partial charge in [-0.15, -0.1) is 0 Å². The maximum absolute atomic E-state index is 6.45. The monoisotopic (exact) mass is 261 g/mol. The van der Waals surface area contributed by atoms with Crippen LogP contribution in [0.1, 0.15) is 38.5 Å². The molecule has 2 unspecified atom stereocenters. The lowest BCUT2D eigenvalue weighted by Gasteiger charge is -2.33. The molecule has 0 radical (unpaired) electrons. The smallest absolute Gasteiger partial charge is 0.247 e. The van der Waals surface area contributed by atoms with Gasteiger partial charge in [0.1, 0.15) is 5.69 Å². The highest BCUT2D eigenvalue weighted by Crippen LogP contribution is 2.37. The summed E-state index contributed by atoms with van der Waals surface area (Å²) < 4.78 is 7.10. The fourth-order valence-electron chi connectivity index (χ4n) is 2.85. The van der Waals surface area contributed by atoms with Gasteiger partial charge in [0.25, 0.3) is 0 Å². The van der Waals surface area contributed by atoms with Gasteiger partial charge in [0, 0.05) is 13.2 Å². The largest absolute Gasteiger partial charge is 0.337 e. The van der Waals surface area contributed by atoms with Crippen LogP contribution in [0, 0.1) is 5.92 Å². The van der Waals surface area contributed by atoms with E-state index in [1.54, 1.807) is 4.68 Å². The van der Waals surface area contributed by atoms with Crippen molar-refractivity contribution >= 4 is 0 Å². The van der Waals surface area contributed by atoms with Crippen molar-refractivity contribution in [1.29, 1.82) is 0 Å². The van der Waals surface area contributed by atoms with E-state index >= 15 is 0 Å². The molecule has 2 aromatic heterocycles. The number of hydrogen-bond acceptors (Lipinski definition) is 5. The fraction of sp³-hybridized carbons (Fsp3) is 0.615. The van der Waals surface area contributed by atoms with Gasteiger partial charge in [-0.1, -0.05) is 24.9 Å². The van der Waals surface area contributed by atoms with Crippen LogP contribution >= 0.6 is 0 Å². The minimum absolute atomic E-state index is 0.475. The summed E-state index contributed by atoms with van der Waals surface area (Å²) >= 11 is 0. The van der Waals surface area contributed by atoms with E-state index in [1.165, 1.54) is 6.42 Å². The molecule has 0 aromatic carbocycles. The van der Waals surface area contributed by atoms with E-state index in [0.717, 1.165) is 19.3 Å². The summed E-state index contributed by atoms with van der Waals surface area (Å²) in [6, 6.07) is 1.86. The van der Waals surface area contributed by atoms with E-state index in [2.05, 4.69) is 22.2 Å². The van der Waals surface area contributed by atoms with E-state index in [1.807, 2.05) is 19.3 Å². The Hall–Kier alpha value is -1.69. The Labute approximate surface area is 112 Å². The summed E-state index contributed by atoms with van der Waals surface area (Å²) in [5, 5.41) is 8.27. The quantitative estimate of drug-likeness (QED) is 0.891. The van der Waals surface area contributed by atoms with Crippen molar-refractivity contribution < 1.29 is 4.52 Å². The van der Waals surface area contributed by atoms with E-state index in [0.29, 0.717) is 23.3 Å². The van der Waals surface area contributed by atoms with E-state index in [-0.39, 0.29) is 0 Å². The molecule has 102 valence electrons. The maximum Gasteiger partial charge on any atom is 0.247 e. The second-order valence-electron chi connectivity index (χ2n) is 5.66. The second-order valence-corrected chi connectivity index (χ2v) is 5.66. The van der Waals surface area contributed by atoms with Gasteiger partial charge in [-0.3, -0.25) is 4.68 Å². The van der Waals surface area contributed by atoms with Gasteiger partial charge in [-0.05, 0) is 24.8 Å². The molecule has 19 heavy (non-hydrogen) atoms. The third-order valence-corrected chi connectivity index (χ3v) is 3.83. The minimum atomic E-state index is -0.475. The van der Waals surface area contributed by atoms with Crippen LogP contribution in [0.3, 0.4) is 0 Å². The number of aromatic nitrogens is 4. The second kappa shape index (κ2) is 4.45. The number of nitrogens with two attached hydrogens (primary N) is 1. The first kappa shape index (κ1) is 12.3. The zero-order valence-electron chi connectivity index (χ0n) is 11.3. The van der Waals surface area contributed by atoms with Gasteiger partial charge in [-0.25, -0.2) is 0 Å². The first-order valence-electron chi connectivity index (χ1n) is 6.70. The molecule has 3 rings (SSSR count). The first-order valence-corrected chi connectivity index (χ1v) is 6.70. The fourth-order valence-corrected chi connectivity index (χ4v) is 2.85. The average molecular weight is 261 g/mol. The maximum atomic E-state index is 6.45. The standard InChI is InChI=1S/C13H19N5O/c1-9-4-3-6-13(14,8-9)12-15-11(17-19-12)10-5-7-18(2)16-10/h5,7,9H,3-4,6,8,14H2,1-2H3. The lowest BCUT2D eigenvalue weighted by molar-refractivity contribution is 0.183. The average Bonchev–Trinajstić information content (AvgIpc) is 2.96.